The maximum absolute atomic E-state index is 13.3. The number of halogens is 3. The predicted octanol–water partition coefficient (Wildman–Crippen LogP) is 4.92. The second kappa shape index (κ2) is 5.70. The van der Waals surface area contributed by atoms with Crippen molar-refractivity contribution in [1.29, 1.82) is 0 Å². The van der Waals surface area contributed by atoms with Crippen LogP contribution in [0.5, 0.6) is 0 Å². The van der Waals surface area contributed by atoms with Crippen molar-refractivity contribution < 1.29 is 4.39 Å². The summed E-state index contributed by atoms with van der Waals surface area (Å²) in [6.07, 6.45) is 0. The van der Waals surface area contributed by atoms with Gasteiger partial charge >= 0.3 is 0 Å². The molecule has 1 heterocycles. The summed E-state index contributed by atoms with van der Waals surface area (Å²) in [5.41, 5.74) is 1.68. The van der Waals surface area contributed by atoms with Gasteiger partial charge in [0, 0.05) is 9.35 Å². The van der Waals surface area contributed by atoms with Crippen molar-refractivity contribution >= 4 is 38.9 Å². The summed E-state index contributed by atoms with van der Waals surface area (Å²) < 4.78 is 14.9. The first-order valence-corrected chi connectivity index (χ1v) is 7.39. The number of nitrogens with one attached hydrogen (secondary N) is 1. The van der Waals surface area contributed by atoms with E-state index in [0.29, 0.717) is 5.56 Å². The molecular formula is C13H12BrClFNS. The molecule has 1 atom stereocenters. The highest BCUT2D eigenvalue weighted by molar-refractivity contribution is 9.10. The number of thiophene rings is 1. The van der Waals surface area contributed by atoms with Crippen LogP contribution in [-0.2, 0) is 0 Å². The van der Waals surface area contributed by atoms with E-state index in [1.54, 1.807) is 13.0 Å². The first-order chi connectivity index (χ1) is 8.52. The van der Waals surface area contributed by atoms with Crippen molar-refractivity contribution in [3.63, 3.8) is 0 Å². The molecule has 2 aromatic rings. The number of hydrogen-bond donors (Lipinski definition) is 1. The molecular weight excluding hydrogens is 337 g/mol. The molecule has 0 aliphatic carbocycles. The van der Waals surface area contributed by atoms with Crippen molar-refractivity contribution in [2.24, 2.45) is 0 Å². The first kappa shape index (κ1) is 14.0. The SMILES string of the molecule is CNC(c1ccc(F)c(C)c1)c1cc(Br)c(Cl)s1. The van der Waals surface area contributed by atoms with Crippen LogP contribution in [0.25, 0.3) is 0 Å². The van der Waals surface area contributed by atoms with Gasteiger partial charge in [-0.15, -0.1) is 11.3 Å². The Labute approximate surface area is 123 Å². The Morgan fingerprint density at radius 1 is 1.39 bits per heavy atom. The summed E-state index contributed by atoms with van der Waals surface area (Å²) in [7, 11) is 1.88. The van der Waals surface area contributed by atoms with Crippen LogP contribution in [-0.4, -0.2) is 7.05 Å². The lowest BCUT2D eigenvalue weighted by Crippen LogP contribution is -2.16. The van der Waals surface area contributed by atoms with Gasteiger partial charge in [0.1, 0.15) is 10.2 Å². The second-order valence-electron chi connectivity index (χ2n) is 4.00. The lowest BCUT2D eigenvalue weighted by molar-refractivity contribution is 0.614. The Hall–Kier alpha value is -0.420. The summed E-state index contributed by atoms with van der Waals surface area (Å²) in [5, 5.41) is 3.23. The summed E-state index contributed by atoms with van der Waals surface area (Å²) in [6, 6.07) is 7.17. The number of aryl methyl sites for hydroxylation is 1. The molecule has 0 bridgehead atoms. The molecule has 0 saturated heterocycles. The van der Waals surface area contributed by atoms with Crippen LogP contribution in [0.3, 0.4) is 0 Å². The van der Waals surface area contributed by atoms with E-state index in [0.717, 1.165) is 19.2 Å². The third kappa shape index (κ3) is 2.77. The summed E-state index contributed by atoms with van der Waals surface area (Å²) >= 11 is 11.0. The van der Waals surface area contributed by atoms with E-state index in [-0.39, 0.29) is 11.9 Å². The fraction of sp³-hybridized carbons (Fsp3) is 0.231. The normalized spacial score (nSPS) is 12.7. The lowest BCUT2D eigenvalue weighted by Gasteiger charge is -2.15. The zero-order chi connectivity index (χ0) is 13.3. The highest BCUT2D eigenvalue weighted by atomic mass is 79.9. The Morgan fingerprint density at radius 2 is 2.11 bits per heavy atom. The van der Waals surface area contributed by atoms with Gasteiger partial charge in [-0.2, -0.15) is 0 Å². The molecule has 1 aromatic carbocycles. The van der Waals surface area contributed by atoms with Gasteiger partial charge in [-0.05, 0) is 53.2 Å². The van der Waals surface area contributed by atoms with E-state index in [9.17, 15) is 4.39 Å². The van der Waals surface area contributed by atoms with E-state index in [1.165, 1.54) is 17.4 Å². The molecule has 2 rings (SSSR count). The maximum Gasteiger partial charge on any atom is 0.126 e. The van der Waals surface area contributed by atoms with Crippen molar-refractivity contribution in [3.05, 3.63) is 54.9 Å². The minimum absolute atomic E-state index is 0.0260. The van der Waals surface area contributed by atoms with Crippen molar-refractivity contribution in [2.75, 3.05) is 7.05 Å². The van der Waals surface area contributed by atoms with Gasteiger partial charge in [0.25, 0.3) is 0 Å². The zero-order valence-corrected chi connectivity index (χ0v) is 13.1. The average Bonchev–Trinajstić information content (AvgIpc) is 2.65. The molecule has 1 nitrogen and oxygen atoms in total. The Balaban J connectivity index is 2.41. The smallest absolute Gasteiger partial charge is 0.126 e. The third-order valence-corrected chi connectivity index (χ3v) is 5.29. The molecule has 0 aliphatic heterocycles. The molecule has 0 aliphatic rings. The highest BCUT2D eigenvalue weighted by Gasteiger charge is 2.17. The summed E-state index contributed by atoms with van der Waals surface area (Å²) in [5.74, 6) is -0.181. The predicted molar refractivity (Wildman–Crippen MR) is 79.1 cm³/mol. The standard InChI is InChI=1S/C13H12BrClFNS/c1-7-5-8(3-4-10(7)16)12(17-2)11-6-9(14)13(15)18-11/h3-6,12,17H,1-2H3. The maximum atomic E-state index is 13.3. The Kier molecular flexibility index (Phi) is 4.43. The van der Waals surface area contributed by atoms with E-state index in [2.05, 4.69) is 21.2 Å². The monoisotopic (exact) mass is 347 g/mol. The molecule has 0 amide bonds. The van der Waals surface area contributed by atoms with Gasteiger partial charge in [0.15, 0.2) is 0 Å². The molecule has 96 valence electrons. The molecule has 0 radical (unpaired) electrons. The fourth-order valence-corrected chi connectivity index (χ4v) is 3.70. The molecule has 1 N–H and O–H groups in total. The van der Waals surface area contributed by atoms with Gasteiger partial charge < -0.3 is 5.32 Å². The van der Waals surface area contributed by atoms with Crippen molar-refractivity contribution in [3.8, 4) is 0 Å². The van der Waals surface area contributed by atoms with Crippen LogP contribution in [0.4, 0.5) is 4.39 Å². The summed E-state index contributed by atoms with van der Waals surface area (Å²) in [6.45, 7) is 1.77. The zero-order valence-electron chi connectivity index (χ0n) is 9.93. The van der Waals surface area contributed by atoms with Crippen molar-refractivity contribution in [1.82, 2.24) is 5.32 Å². The highest BCUT2D eigenvalue weighted by Crippen LogP contribution is 2.37. The molecule has 0 spiro atoms. The Bertz CT molecular complexity index is 551. The number of benzene rings is 1. The van der Waals surface area contributed by atoms with Gasteiger partial charge in [0.2, 0.25) is 0 Å². The van der Waals surface area contributed by atoms with E-state index < -0.39 is 0 Å². The Morgan fingerprint density at radius 3 is 2.61 bits per heavy atom. The summed E-state index contributed by atoms with van der Waals surface area (Å²) in [4.78, 5) is 1.10. The molecule has 5 heteroatoms. The molecule has 18 heavy (non-hydrogen) atoms. The van der Waals surface area contributed by atoms with Crippen LogP contribution in [0.2, 0.25) is 4.34 Å². The number of hydrogen-bond acceptors (Lipinski definition) is 2. The van der Waals surface area contributed by atoms with Crippen LogP contribution in [0.1, 0.15) is 22.0 Å². The van der Waals surface area contributed by atoms with Crippen LogP contribution in [0, 0.1) is 12.7 Å². The quantitative estimate of drug-likeness (QED) is 0.830. The van der Waals surface area contributed by atoms with E-state index in [1.807, 2.05) is 19.2 Å². The lowest BCUT2D eigenvalue weighted by atomic mass is 10.0. The largest absolute Gasteiger partial charge is 0.309 e. The van der Waals surface area contributed by atoms with Gasteiger partial charge in [-0.25, -0.2) is 4.39 Å². The third-order valence-electron chi connectivity index (χ3n) is 2.75. The fourth-order valence-electron chi connectivity index (χ4n) is 1.83. The van der Waals surface area contributed by atoms with Crippen LogP contribution >= 0.6 is 38.9 Å². The first-order valence-electron chi connectivity index (χ1n) is 5.41. The van der Waals surface area contributed by atoms with Crippen molar-refractivity contribution in [2.45, 2.75) is 13.0 Å². The van der Waals surface area contributed by atoms with Gasteiger partial charge in [-0.3, -0.25) is 0 Å². The second-order valence-corrected chi connectivity index (χ2v) is 6.54. The van der Waals surface area contributed by atoms with Crippen LogP contribution < -0.4 is 5.32 Å². The minimum atomic E-state index is -0.181. The van der Waals surface area contributed by atoms with Gasteiger partial charge in [-0.1, -0.05) is 23.7 Å². The minimum Gasteiger partial charge on any atom is -0.309 e. The van der Waals surface area contributed by atoms with Crippen LogP contribution in [0.15, 0.2) is 28.7 Å². The topological polar surface area (TPSA) is 12.0 Å². The van der Waals surface area contributed by atoms with E-state index >= 15 is 0 Å². The molecule has 1 aromatic heterocycles. The average molecular weight is 349 g/mol. The number of rotatable bonds is 3. The molecule has 1 unspecified atom stereocenters. The molecule has 0 saturated carbocycles. The van der Waals surface area contributed by atoms with E-state index in [4.69, 9.17) is 11.6 Å². The molecule has 0 fully saturated rings. The van der Waals surface area contributed by atoms with Gasteiger partial charge in [0.05, 0.1) is 6.04 Å².